The highest BCUT2D eigenvalue weighted by Crippen LogP contribution is 2.27. The van der Waals surface area contributed by atoms with E-state index in [1.807, 2.05) is 6.92 Å². The van der Waals surface area contributed by atoms with E-state index in [0.29, 0.717) is 0 Å². The number of phenols is 2. The highest BCUT2D eigenvalue weighted by Gasteiger charge is 2.09. The molecule has 20 heavy (non-hydrogen) atoms. The Hall–Kier alpha value is -2.69. The van der Waals surface area contributed by atoms with Gasteiger partial charge in [0.15, 0.2) is 0 Å². The predicted molar refractivity (Wildman–Crippen MR) is 75.2 cm³/mol. The summed E-state index contributed by atoms with van der Waals surface area (Å²) in [5.41, 5.74) is 1.70. The predicted octanol–water partition coefficient (Wildman–Crippen LogP) is 2.97. The first-order valence-corrected chi connectivity index (χ1v) is 6.08. The average molecular weight is 273 g/mol. The van der Waals surface area contributed by atoms with E-state index in [-0.39, 0.29) is 23.1 Å². The van der Waals surface area contributed by atoms with Crippen LogP contribution in [0.1, 0.15) is 28.9 Å². The molecule has 4 N–H and O–H groups in total. The number of aromatic hydroxyl groups is 2. The van der Waals surface area contributed by atoms with Crippen LogP contribution in [0.15, 0.2) is 42.5 Å². The van der Waals surface area contributed by atoms with Crippen LogP contribution in [0.4, 0.5) is 5.69 Å². The minimum atomic E-state index is -0.970. The van der Waals surface area contributed by atoms with Gasteiger partial charge in [-0.1, -0.05) is 0 Å². The number of carbonyl (C=O) groups is 1. The number of carboxylic acids is 1. The molecular formula is C15H15NO4. The molecule has 0 radical (unpaired) electrons. The molecule has 0 aromatic heterocycles. The second-order valence-corrected chi connectivity index (χ2v) is 4.53. The summed E-state index contributed by atoms with van der Waals surface area (Å²) in [6.45, 7) is 1.87. The van der Waals surface area contributed by atoms with Crippen molar-refractivity contribution in [3.05, 3.63) is 53.6 Å². The highest BCUT2D eigenvalue weighted by molar-refractivity contribution is 5.88. The molecule has 2 aromatic carbocycles. The van der Waals surface area contributed by atoms with Gasteiger partial charge in [-0.25, -0.2) is 4.79 Å². The second-order valence-electron chi connectivity index (χ2n) is 4.53. The van der Waals surface area contributed by atoms with E-state index in [1.54, 1.807) is 24.3 Å². The maximum Gasteiger partial charge on any atom is 0.335 e. The van der Waals surface area contributed by atoms with Crippen molar-refractivity contribution in [3.8, 4) is 11.5 Å². The molecule has 2 rings (SSSR count). The van der Waals surface area contributed by atoms with Gasteiger partial charge in [-0.3, -0.25) is 0 Å². The summed E-state index contributed by atoms with van der Waals surface area (Å²) in [5, 5.41) is 30.9. The van der Waals surface area contributed by atoms with Crippen molar-refractivity contribution in [1.82, 2.24) is 0 Å². The molecule has 0 amide bonds. The lowest BCUT2D eigenvalue weighted by Gasteiger charge is -2.16. The first-order valence-electron chi connectivity index (χ1n) is 6.08. The molecule has 0 bridgehead atoms. The van der Waals surface area contributed by atoms with E-state index in [1.165, 1.54) is 18.2 Å². The fourth-order valence-electron chi connectivity index (χ4n) is 1.91. The van der Waals surface area contributed by atoms with Crippen LogP contribution in [0.25, 0.3) is 0 Å². The van der Waals surface area contributed by atoms with Gasteiger partial charge >= 0.3 is 5.97 Å². The Morgan fingerprint density at radius 3 is 2.10 bits per heavy atom. The summed E-state index contributed by atoms with van der Waals surface area (Å²) in [6.07, 6.45) is 0. The molecule has 104 valence electrons. The fraction of sp³-hybridized carbons (Fsp3) is 0.133. The Kier molecular flexibility index (Phi) is 3.79. The Morgan fingerprint density at radius 2 is 1.60 bits per heavy atom. The smallest absolute Gasteiger partial charge is 0.335 e. The highest BCUT2D eigenvalue weighted by atomic mass is 16.4. The summed E-state index contributed by atoms with van der Waals surface area (Å²) in [7, 11) is 0. The van der Waals surface area contributed by atoms with E-state index in [0.717, 1.165) is 11.3 Å². The minimum absolute atomic E-state index is 0.00475. The lowest BCUT2D eigenvalue weighted by Crippen LogP contribution is -2.06. The Morgan fingerprint density at radius 1 is 1.05 bits per heavy atom. The number of hydrogen-bond acceptors (Lipinski definition) is 4. The molecular weight excluding hydrogens is 258 g/mol. The van der Waals surface area contributed by atoms with Crippen molar-refractivity contribution >= 4 is 11.7 Å². The van der Waals surface area contributed by atoms with Gasteiger partial charge in [0.05, 0.1) is 5.56 Å². The molecule has 1 atom stereocenters. The number of phenolic OH excluding ortho intramolecular Hbond substituents is 2. The van der Waals surface area contributed by atoms with Crippen molar-refractivity contribution in [1.29, 1.82) is 0 Å². The summed E-state index contributed by atoms with van der Waals surface area (Å²) >= 11 is 0. The SMILES string of the molecule is CC(Nc1ccc(C(=O)O)cc1)c1cc(O)cc(O)c1. The van der Waals surface area contributed by atoms with Crippen molar-refractivity contribution in [3.63, 3.8) is 0 Å². The molecule has 0 fully saturated rings. The number of rotatable bonds is 4. The van der Waals surface area contributed by atoms with Gasteiger partial charge in [0.1, 0.15) is 11.5 Å². The third-order valence-electron chi connectivity index (χ3n) is 2.94. The average Bonchev–Trinajstić information content (AvgIpc) is 2.38. The zero-order valence-electron chi connectivity index (χ0n) is 10.9. The zero-order valence-corrected chi connectivity index (χ0v) is 10.9. The third kappa shape index (κ3) is 3.20. The summed E-state index contributed by atoms with van der Waals surface area (Å²) < 4.78 is 0. The molecule has 0 saturated heterocycles. The van der Waals surface area contributed by atoms with Crippen molar-refractivity contribution in [2.45, 2.75) is 13.0 Å². The number of nitrogens with one attached hydrogen (secondary N) is 1. The van der Waals surface area contributed by atoms with Crippen LogP contribution in [0.3, 0.4) is 0 Å². The third-order valence-corrected chi connectivity index (χ3v) is 2.94. The van der Waals surface area contributed by atoms with E-state index in [4.69, 9.17) is 5.11 Å². The first-order chi connectivity index (χ1) is 9.45. The van der Waals surface area contributed by atoms with Crippen LogP contribution in [-0.2, 0) is 0 Å². The molecule has 0 aliphatic heterocycles. The minimum Gasteiger partial charge on any atom is -0.508 e. The molecule has 0 aliphatic carbocycles. The van der Waals surface area contributed by atoms with Gasteiger partial charge in [-0.2, -0.15) is 0 Å². The molecule has 0 spiro atoms. The Balaban J connectivity index is 2.14. The number of aromatic carboxylic acids is 1. The Bertz CT molecular complexity index is 602. The number of anilines is 1. The van der Waals surface area contributed by atoms with Crippen LogP contribution in [-0.4, -0.2) is 21.3 Å². The van der Waals surface area contributed by atoms with Gasteiger partial charge in [0, 0.05) is 17.8 Å². The number of carboxylic acid groups (broad SMARTS) is 1. The molecule has 5 nitrogen and oxygen atoms in total. The zero-order chi connectivity index (χ0) is 14.7. The van der Waals surface area contributed by atoms with Crippen LogP contribution < -0.4 is 5.32 Å². The second kappa shape index (κ2) is 5.52. The van der Waals surface area contributed by atoms with E-state index >= 15 is 0 Å². The van der Waals surface area contributed by atoms with Gasteiger partial charge in [-0.05, 0) is 48.9 Å². The fourth-order valence-corrected chi connectivity index (χ4v) is 1.91. The largest absolute Gasteiger partial charge is 0.508 e. The van der Waals surface area contributed by atoms with Crippen molar-refractivity contribution < 1.29 is 20.1 Å². The van der Waals surface area contributed by atoms with Crippen LogP contribution in [0.5, 0.6) is 11.5 Å². The summed E-state index contributed by atoms with van der Waals surface area (Å²) in [4.78, 5) is 10.8. The van der Waals surface area contributed by atoms with Gasteiger partial charge in [0.25, 0.3) is 0 Å². The van der Waals surface area contributed by atoms with Crippen LogP contribution in [0.2, 0.25) is 0 Å². The monoisotopic (exact) mass is 273 g/mol. The maximum atomic E-state index is 10.8. The summed E-state index contributed by atoms with van der Waals surface area (Å²) in [5.74, 6) is -0.979. The van der Waals surface area contributed by atoms with Crippen molar-refractivity contribution in [2.24, 2.45) is 0 Å². The maximum absolute atomic E-state index is 10.8. The van der Waals surface area contributed by atoms with E-state index in [9.17, 15) is 15.0 Å². The standard InChI is InChI=1S/C15H15NO4/c1-9(11-6-13(17)8-14(18)7-11)16-12-4-2-10(3-5-12)15(19)20/h2-9,16-18H,1H3,(H,19,20). The lowest BCUT2D eigenvalue weighted by molar-refractivity contribution is 0.0697. The number of hydrogen-bond donors (Lipinski definition) is 4. The van der Waals surface area contributed by atoms with E-state index in [2.05, 4.69) is 5.32 Å². The van der Waals surface area contributed by atoms with Crippen LogP contribution >= 0.6 is 0 Å². The van der Waals surface area contributed by atoms with Crippen LogP contribution in [0, 0.1) is 0 Å². The quantitative estimate of drug-likeness (QED) is 0.687. The van der Waals surface area contributed by atoms with Crippen molar-refractivity contribution in [2.75, 3.05) is 5.32 Å². The summed E-state index contributed by atoms with van der Waals surface area (Å²) in [6, 6.07) is 10.6. The van der Waals surface area contributed by atoms with Gasteiger partial charge in [-0.15, -0.1) is 0 Å². The van der Waals surface area contributed by atoms with E-state index < -0.39 is 5.97 Å². The van der Waals surface area contributed by atoms with Gasteiger partial charge < -0.3 is 20.6 Å². The topological polar surface area (TPSA) is 89.8 Å². The Labute approximate surface area is 116 Å². The molecule has 5 heteroatoms. The molecule has 1 unspecified atom stereocenters. The molecule has 0 saturated carbocycles. The number of benzene rings is 2. The molecule has 0 heterocycles. The lowest BCUT2D eigenvalue weighted by atomic mass is 10.1. The first kappa shape index (κ1) is 13.7. The molecule has 0 aliphatic rings. The van der Waals surface area contributed by atoms with Gasteiger partial charge in [0.2, 0.25) is 0 Å². The normalized spacial score (nSPS) is 11.8. The molecule has 2 aromatic rings.